The molecule has 0 aromatic heterocycles. The number of benzene rings is 2. The van der Waals surface area contributed by atoms with Crippen molar-refractivity contribution >= 4 is 40.8 Å². The van der Waals surface area contributed by atoms with E-state index in [1.165, 1.54) is 5.56 Å². The molecular weight excluding hydrogens is 454 g/mol. The van der Waals surface area contributed by atoms with Crippen LogP contribution in [0.15, 0.2) is 54.6 Å². The monoisotopic (exact) mass is 483 g/mol. The summed E-state index contributed by atoms with van der Waals surface area (Å²) in [4.78, 5) is 38.7. The van der Waals surface area contributed by atoms with E-state index < -0.39 is 11.9 Å². The second kappa shape index (κ2) is 13.4. The Kier molecular flexibility index (Phi) is 9.99. The van der Waals surface area contributed by atoms with Crippen LogP contribution in [0.2, 0.25) is 0 Å². The number of ether oxygens (including phenoxy) is 2. The summed E-state index contributed by atoms with van der Waals surface area (Å²) in [6.07, 6.45) is 1.46. The van der Waals surface area contributed by atoms with Crippen molar-refractivity contribution in [3.05, 3.63) is 65.7 Å². The van der Waals surface area contributed by atoms with E-state index >= 15 is 0 Å². The number of carbonyl (C=O) groups is 3. The highest BCUT2D eigenvalue weighted by Crippen LogP contribution is 2.18. The molecular formula is C25H29N3O5S. The van der Waals surface area contributed by atoms with Gasteiger partial charge >= 0.3 is 5.97 Å². The van der Waals surface area contributed by atoms with E-state index in [-0.39, 0.29) is 23.9 Å². The number of rotatable bonds is 9. The molecule has 0 saturated carbocycles. The SMILES string of the molecule is O=C(CCC(=O)OCCCc1ccccc1)NC(=S)Nc1ccccc1C(=O)N1CCOCC1. The van der Waals surface area contributed by atoms with Gasteiger partial charge in [0.15, 0.2) is 5.11 Å². The lowest BCUT2D eigenvalue weighted by molar-refractivity contribution is -0.145. The molecule has 8 nitrogen and oxygen atoms in total. The van der Waals surface area contributed by atoms with Crippen molar-refractivity contribution < 1.29 is 23.9 Å². The minimum atomic E-state index is -0.427. The zero-order valence-electron chi connectivity index (χ0n) is 19.0. The Hall–Kier alpha value is -3.30. The maximum absolute atomic E-state index is 12.8. The molecule has 1 fully saturated rings. The standard InChI is InChI=1S/C25H29N3O5S/c29-22(12-13-23(30)33-16-6-9-19-7-2-1-3-8-19)27-25(34)26-21-11-5-4-10-20(21)24(31)28-14-17-32-18-15-28/h1-5,7-8,10-11H,6,9,12-18H2,(H2,26,27,29,34). The molecule has 0 radical (unpaired) electrons. The number of nitrogens with one attached hydrogen (secondary N) is 2. The average molecular weight is 484 g/mol. The van der Waals surface area contributed by atoms with E-state index in [1.54, 1.807) is 29.2 Å². The highest BCUT2D eigenvalue weighted by molar-refractivity contribution is 7.80. The molecule has 9 heteroatoms. The van der Waals surface area contributed by atoms with Crippen molar-refractivity contribution in [1.82, 2.24) is 10.2 Å². The molecule has 34 heavy (non-hydrogen) atoms. The topological polar surface area (TPSA) is 97.0 Å². The lowest BCUT2D eigenvalue weighted by Crippen LogP contribution is -2.41. The van der Waals surface area contributed by atoms with Gasteiger partial charge in [-0.2, -0.15) is 0 Å². The molecule has 2 aromatic carbocycles. The fourth-order valence-corrected chi connectivity index (χ4v) is 3.68. The minimum Gasteiger partial charge on any atom is -0.466 e. The van der Waals surface area contributed by atoms with Crippen molar-refractivity contribution in [1.29, 1.82) is 0 Å². The maximum Gasteiger partial charge on any atom is 0.306 e. The number of carbonyl (C=O) groups excluding carboxylic acids is 3. The first-order chi connectivity index (χ1) is 16.5. The summed E-state index contributed by atoms with van der Waals surface area (Å²) in [6, 6.07) is 16.9. The van der Waals surface area contributed by atoms with Crippen molar-refractivity contribution in [2.75, 3.05) is 38.2 Å². The molecule has 1 heterocycles. The van der Waals surface area contributed by atoms with Gasteiger partial charge in [-0.25, -0.2) is 0 Å². The first-order valence-corrected chi connectivity index (χ1v) is 11.7. The Morgan fingerprint density at radius 3 is 2.44 bits per heavy atom. The minimum absolute atomic E-state index is 0.0358. The average Bonchev–Trinajstić information content (AvgIpc) is 2.86. The molecule has 2 amide bonds. The van der Waals surface area contributed by atoms with E-state index in [9.17, 15) is 14.4 Å². The van der Waals surface area contributed by atoms with Gasteiger partial charge in [-0.1, -0.05) is 42.5 Å². The highest BCUT2D eigenvalue weighted by Gasteiger charge is 2.21. The lowest BCUT2D eigenvalue weighted by Gasteiger charge is -2.27. The number of hydrogen-bond acceptors (Lipinski definition) is 6. The first kappa shape index (κ1) is 25.3. The third kappa shape index (κ3) is 8.24. The van der Waals surface area contributed by atoms with Crippen LogP contribution in [-0.2, 0) is 25.5 Å². The Morgan fingerprint density at radius 1 is 0.971 bits per heavy atom. The van der Waals surface area contributed by atoms with Gasteiger partial charge in [0, 0.05) is 19.5 Å². The van der Waals surface area contributed by atoms with Gasteiger partial charge in [0.1, 0.15) is 0 Å². The number of hydrogen-bond donors (Lipinski definition) is 2. The highest BCUT2D eigenvalue weighted by atomic mass is 32.1. The van der Waals surface area contributed by atoms with Gasteiger partial charge in [0.2, 0.25) is 5.91 Å². The van der Waals surface area contributed by atoms with E-state index in [1.807, 2.05) is 30.3 Å². The molecule has 2 N–H and O–H groups in total. The van der Waals surface area contributed by atoms with Gasteiger partial charge in [0.25, 0.3) is 5.91 Å². The smallest absolute Gasteiger partial charge is 0.306 e. The second-order valence-electron chi connectivity index (χ2n) is 7.76. The molecule has 1 saturated heterocycles. The van der Waals surface area contributed by atoms with E-state index in [4.69, 9.17) is 21.7 Å². The summed E-state index contributed by atoms with van der Waals surface area (Å²) in [5.74, 6) is -0.963. The summed E-state index contributed by atoms with van der Waals surface area (Å²) in [7, 11) is 0. The molecule has 1 aliphatic heterocycles. The Balaban J connectivity index is 1.38. The zero-order valence-corrected chi connectivity index (χ0v) is 19.8. The van der Waals surface area contributed by atoms with Gasteiger partial charge in [-0.15, -0.1) is 0 Å². The fraction of sp³-hybridized carbons (Fsp3) is 0.360. The van der Waals surface area contributed by atoms with Gasteiger partial charge in [0.05, 0.1) is 37.5 Å². The van der Waals surface area contributed by atoms with E-state index in [0.717, 1.165) is 12.8 Å². The third-order valence-electron chi connectivity index (χ3n) is 5.23. The fourth-order valence-electron chi connectivity index (χ4n) is 3.45. The van der Waals surface area contributed by atoms with Crippen molar-refractivity contribution in [2.24, 2.45) is 0 Å². The molecule has 0 atom stereocenters. The van der Waals surface area contributed by atoms with Crippen LogP contribution in [0.3, 0.4) is 0 Å². The van der Waals surface area contributed by atoms with Crippen LogP contribution in [-0.4, -0.2) is 60.7 Å². The Labute approximate surface area is 204 Å². The lowest BCUT2D eigenvalue weighted by atomic mass is 10.1. The number of aryl methyl sites for hydroxylation is 1. The van der Waals surface area contributed by atoms with Crippen LogP contribution in [0.5, 0.6) is 0 Å². The van der Waals surface area contributed by atoms with Crippen molar-refractivity contribution in [3.8, 4) is 0 Å². The molecule has 3 rings (SSSR count). The van der Waals surface area contributed by atoms with E-state index in [2.05, 4.69) is 10.6 Å². The van der Waals surface area contributed by atoms with Crippen LogP contribution in [0.1, 0.15) is 35.2 Å². The summed E-state index contributed by atoms with van der Waals surface area (Å²) < 4.78 is 10.5. The van der Waals surface area contributed by atoms with Crippen LogP contribution >= 0.6 is 12.2 Å². The van der Waals surface area contributed by atoms with Gasteiger partial charge in [-0.05, 0) is 42.8 Å². The molecule has 0 aliphatic carbocycles. The molecule has 0 bridgehead atoms. The summed E-state index contributed by atoms with van der Waals surface area (Å²) >= 11 is 5.22. The number of nitrogens with zero attached hydrogens (tertiary/aromatic N) is 1. The first-order valence-electron chi connectivity index (χ1n) is 11.3. The normalized spacial score (nSPS) is 13.1. The molecule has 180 valence electrons. The number of para-hydroxylation sites is 1. The molecule has 0 unspecified atom stereocenters. The predicted octanol–water partition coefficient (Wildman–Crippen LogP) is 2.93. The van der Waals surface area contributed by atoms with Gasteiger partial charge in [-0.3, -0.25) is 14.4 Å². The molecule has 0 spiro atoms. The van der Waals surface area contributed by atoms with Crippen LogP contribution in [0, 0.1) is 0 Å². The predicted molar refractivity (Wildman–Crippen MR) is 132 cm³/mol. The quantitative estimate of drug-likeness (QED) is 0.322. The summed E-state index contributed by atoms with van der Waals surface area (Å²) in [5.41, 5.74) is 2.15. The van der Waals surface area contributed by atoms with Crippen LogP contribution < -0.4 is 10.6 Å². The largest absolute Gasteiger partial charge is 0.466 e. The summed E-state index contributed by atoms with van der Waals surface area (Å²) in [5, 5.41) is 5.52. The number of morpholine rings is 1. The van der Waals surface area contributed by atoms with Crippen LogP contribution in [0.25, 0.3) is 0 Å². The number of thiocarbonyl (C=S) groups is 1. The molecule has 2 aromatic rings. The van der Waals surface area contributed by atoms with Crippen molar-refractivity contribution in [3.63, 3.8) is 0 Å². The third-order valence-corrected chi connectivity index (χ3v) is 5.43. The van der Waals surface area contributed by atoms with Crippen molar-refractivity contribution in [2.45, 2.75) is 25.7 Å². The number of amides is 2. The second-order valence-corrected chi connectivity index (χ2v) is 8.17. The summed E-state index contributed by atoms with van der Waals surface area (Å²) in [6.45, 7) is 2.37. The Bertz CT molecular complexity index is 993. The zero-order chi connectivity index (χ0) is 24.2. The number of esters is 1. The van der Waals surface area contributed by atoms with E-state index in [0.29, 0.717) is 44.2 Å². The van der Waals surface area contributed by atoms with Crippen LogP contribution in [0.4, 0.5) is 5.69 Å². The maximum atomic E-state index is 12.8. The molecule has 1 aliphatic rings. The Morgan fingerprint density at radius 2 is 1.68 bits per heavy atom. The number of anilines is 1. The van der Waals surface area contributed by atoms with Gasteiger partial charge < -0.3 is 25.0 Å².